The van der Waals surface area contributed by atoms with E-state index in [0.717, 1.165) is 0 Å². The fraction of sp³-hybridized carbons (Fsp3) is 0.263. The third kappa shape index (κ3) is 5.50. The number of esters is 1. The van der Waals surface area contributed by atoms with Crippen molar-refractivity contribution in [3.05, 3.63) is 42.4 Å². The van der Waals surface area contributed by atoms with Crippen LogP contribution in [0.4, 0.5) is 10.5 Å². The van der Waals surface area contributed by atoms with Crippen LogP contribution in [0.25, 0.3) is 0 Å². The summed E-state index contributed by atoms with van der Waals surface area (Å²) in [5, 5.41) is 6.85. The minimum atomic E-state index is -1.03. The number of nitrogens with one attached hydrogen (secondary N) is 3. The molecule has 1 aromatic heterocycles. The lowest BCUT2D eigenvalue weighted by molar-refractivity contribution is -0.149. The zero-order valence-corrected chi connectivity index (χ0v) is 15.9. The zero-order chi connectivity index (χ0) is 21.5. The number of carbonyl (C=O) groups is 4. The highest BCUT2D eigenvalue weighted by Crippen LogP contribution is 2.32. The van der Waals surface area contributed by atoms with E-state index in [4.69, 9.17) is 18.6 Å². The van der Waals surface area contributed by atoms with Crippen molar-refractivity contribution in [2.24, 2.45) is 0 Å². The van der Waals surface area contributed by atoms with E-state index in [1.807, 2.05) is 5.32 Å². The Bertz CT molecular complexity index is 941. The van der Waals surface area contributed by atoms with Crippen molar-refractivity contribution < 1.29 is 37.8 Å². The fourth-order valence-corrected chi connectivity index (χ4v) is 2.44. The van der Waals surface area contributed by atoms with Crippen LogP contribution in [0.5, 0.6) is 11.5 Å². The van der Waals surface area contributed by atoms with Crippen molar-refractivity contribution in [1.29, 1.82) is 0 Å². The maximum Gasteiger partial charge on any atom is 0.328 e. The molecule has 4 amide bonds. The van der Waals surface area contributed by atoms with Crippen molar-refractivity contribution in [2.45, 2.75) is 13.0 Å². The molecule has 0 saturated carbocycles. The monoisotopic (exact) mass is 417 g/mol. The average molecular weight is 417 g/mol. The van der Waals surface area contributed by atoms with Crippen LogP contribution >= 0.6 is 0 Å². The van der Waals surface area contributed by atoms with Crippen molar-refractivity contribution in [2.75, 3.05) is 25.1 Å². The first kappa shape index (κ1) is 20.7. The van der Waals surface area contributed by atoms with E-state index in [1.54, 1.807) is 18.2 Å². The average Bonchev–Trinajstić information content (AvgIpc) is 3.27. The summed E-state index contributed by atoms with van der Waals surface area (Å²) in [5.41, 5.74) is 0.385. The number of hydrogen-bond donors (Lipinski definition) is 3. The van der Waals surface area contributed by atoms with Crippen LogP contribution in [0, 0.1) is 0 Å². The van der Waals surface area contributed by atoms with Crippen LogP contribution in [0.1, 0.15) is 17.5 Å². The number of carbonyl (C=O) groups excluding carboxylic acids is 4. The Kier molecular flexibility index (Phi) is 6.53. The van der Waals surface area contributed by atoms with Gasteiger partial charge >= 0.3 is 12.0 Å². The molecule has 1 aliphatic rings. The molecule has 0 radical (unpaired) electrons. The lowest BCUT2D eigenvalue weighted by Gasteiger charge is -2.19. The van der Waals surface area contributed by atoms with Gasteiger partial charge in [0.25, 0.3) is 11.8 Å². The van der Waals surface area contributed by atoms with E-state index in [1.165, 1.54) is 25.3 Å². The first-order valence-electron chi connectivity index (χ1n) is 8.94. The number of ether oxygens (including phenoxy) is 3. The highest BCUT2D eigenvalue weighted by Gasteiger charge is 2.21. The van der Waals surface area contributed by atoms with Crippen molar-refractivity contribution in [3.63, 3.8) is 0 Å². The minimum absolute atomic E-state index is 0.0307. The number of benzene rings is 1. The first-order chi connectivity index (χ1) is 14.4. The molecule has 158 valence electrons. The summed E-state index contributed by atoms with van der Waals surface area (Å²) < 4.78 is 20.5. The molecule has 3 rings (SSSR count). The lowest BCUT2D eigenvalue weighted by atomic mass is 10.2. The molecule has 30 heavy (non-hydrogen) atoms. The number of urea groups is 1. The largest absolute Gasteiger partial charge is 0.486 e. The van der Waals surface area contributed by atoms with Gasteiger partial charge in [0.1, 0.15) is 19.3 Å². The Morgan fingerprint density at radius 3 is 2.60 bits per heavy atom. The summed E-state index contributed by atoms with van der Waals surface area (Å²) in [4.78, 5) is 47.4. The van der Waals surface area contributed by atoms with E-state index >= 15 is 0 Å². The van der Waals surface area contributed by atoms with Crippen molar-refractivity contribution in [1.82, 2.24) is 10.6 Å². The number of imide groups is 1. The molecule has 1 unspecified atom stereocenters. The summed E-state index contributed by atoms with van der Waals surface area (Å²) in [5.74, 6) is -1.23. The molecular formula is C19H19N3O8. The van der Waals surface area contributed by atoms with E-state index in [-0.39, 0.29) is 5.76 Å². The SMILES string of the molecule is CC(NC(=O)c1ccco1)C(=O)OCC(=O)NC(=O)Nc1ccc2c(c1)OCCO2. The normalized spacial score (nSPS) is 13.0. The molecule has 0 saturated heterocycles. The molecule has 2 aromatic rings. The molecule has 0 spiro atoms. The van der Waals surface area contributed by atoms with Gasteiger partial charge in [-0.25, -0.2) is 9.59 Å². The Labute approximate surface area is 170 Å². The van der Waals surface area contributed by atoms with Gasteiger partial charge in [0.05, 0.1) is 6.26 Å². The smallest absolute Gasteiger partial charge is 0.328 e. The quantitative estimate of drug-likeness (QED) is 0.592. The van der Waals surface area contributed by atoms with Crippen LogP contribution < -0.4 is 25.4 Å². The molecule has 11 heteroatoms. The molecule has 0 fully saturated rings. The molecule has 1 aliphatic heterocycles. The van der Waals surface area contributed by atoms with Gasteiger partial charge in [-0.1, -0.05) is 0 Å². The third-order valence-corrected chi connectivity index (χ3v) is 3.84. The molecule has 11 nitrogen and oxygen atoms in total. The second-order valence-electron chi connectivity index (χ2n) is 6.14. The van der Waals surface area contributed by atoms with Crippen molar-refractivity contribution >= 4 is 29.5 Å². The van der Waals surface area contributed by atoms with Gasteiger partial charge < -0.3 is 29.3 Å². The molecule has 1 atom stereocenters. The highest BCUT2D eigenvalue weighted by molar-refractivity contribution is 6.02. The molecular weight excluding hydrogens is 398 g/mol. The van der Waals surface area contributed by atoms with Crippen LogP contribution in [-0.2, 0) is 14.3 Å². The van der Waals surface area contributed by atoms with Gasteiger partial charge in [-0.15, -0.1) is 0 Å². The number of fused-ring (bicyclic) bond motifs is 1. The van der Waals surface area contributed by atoms with E-state index in [2.05, 4.69) is 10.6 Å². The molecule has 0 bridgehead atoms. The number of rotatable bonds is 6. The second kappa shape index (κ2) is 9.45. The van der Waals surface area contributed by atoms with Crippen LogP contribution in [0.2, 0.25) is 0 Å². The standard InChI is InChI=1S/C19H19N3O8/c1-11(20-17(24)14-3-2-6-27-14)18(25)30-10-16(23)22-19(26)21-12-4-5-13-15(9-12)29-8-7-28-13/h2-6,9,11H,7-8,10H2,1H3,(H,20,24)(H2,21,22,23,26). The Balaban J connectivity index is 1.41. The van der Waals surface area contributed by atoms with Crippen LogP contribution in [0.3, 0.4) is 0 Å². The van der Waals surface area contributed by atoms with Gasteiger partial charge in [-0.05, 0) is 31.2 Å². The van der Waals surface area contributed by atoms with Gasteiger partial charge in [-0.2, -0.15) is 0 Å². The summed E-state index contributed by atoms with van der Waals surface area (Å²) >= 11 is 0. The van der Waals surface area contributed by atoms with E-state index in [0.29, 0.717) is 30.4 Å². The Morgan fingerprint density at radius 1 is 1.10 bits per heavy atom. The number of anilines is 1. The number of amides is 4. The Hall–Kier alpha value is -4.02. The second-order valence-corrected chi connectivity index (χ2v) is 6.14. The minimum Gasteiger partial charge on any atom is -0.486 e. The summed E-state index contributed by atoms with van der Waals surface area (Å²) in [7, 11) is 0. The maximum atomic E-state index is 11.9. The Morgan fingerprint density at radius 2 is 1.87 bits per heavy atom. The zero-order valence-electron chi connectivity index (χ0n) is 15.9. The van der Waals surface area contributed by atoms with Crippen molar-refractivity contribution in [3.8, 4) is 11.5 Å². The maximum absolute atomic E-state index is 11.9. The van der Waals surface area contributed by atoms with Gasteiger partial charge in [0.2, 0.25) is 0 Å². The highest BCUT2D eigenvalue weighted by atomic mass is 16.6. The van der Waals surface area contributed by atoms with Crippen LogP contribution in [0.15, 0.2) is 41.0 Å². The molecule has 2 heterocycles. The van der Waals surface area contributed by atoms with Gasteiger partial charge in [0, 0.05) is 11.8 Å². The van der Waals surface area contributed by atoms with E-state index < -0.39 is 36.5 Å². The van der Waals surface area contributed by atoms with Gasteiger partial charge in [-0.3, -0.25) is 14.9 Å². The number of hydrogen-bond acceptors (Lipinski definition) is 8. The summed E-state index contributed by atoms with van der Waals surface area (Å²) in [6, 6.07) is 5.89. The third-order valence-electron chi connectivity index (χ3n) is 3.84. The predicted octanol–water partition coefficient (Wildman–Crippen LogP) is 1.06. The summed E-state index contributed by atoms with van der Waals surface area (Å²) in [6.07, 6.45) is 1.32. The van der Waals surface area contributed by atoms with Gasteiger partial charge in [0.15, 0.2) is 23.9 Å². The predicted molar refractivity (Wildman–Crippen MR) is 101 cm³/mol. The van der Waals surface area contributed by atoms with Crippen LogP contribution in [-0.4, -0.2) is 49.7 Å². The number of furan rings is 1. The first-order valence-corrected chi connectivity index (χ1v) is 8.94. The fourth-order valence-electron chi connectivity index (χ4n) is 2.44. The molecule has 0 aliphatic carbocycles. The molecule has 1 aromatic carbocycles. The summed E-state index contributed by atoms with van der Waals surface area (Å²) in [6.45, 7) is 1.52. The topological polar surface area (TPSA) is 145 Å². The van der Waals surface area contributed by atoms with E-state index in [9.17, 15) is 19.2 Å². The molecule has 3 N–H and O–H groups in total. The lowest BCUT2D eigenvalue weighted by Crippen LogP contribution is -2.42.